The van der Waals surface area contributed by atoms with E-state index in [0.29, 0.717) is 40.3 Å². The predicted octanol–water partition coefficient (Wildman–Crippen LogP) is 6.98. The summed E-state index contributed by atoms with van der Waals surface area (Å²) >= 11 is 0. The van der Waals surface area contributed by atoms with E-state index in [9.17, 15) is 18.0 Å². The molecule has 0 saturated heterocycles. The van der Waals surface area contributed by atoms with Crippen LogP contribution in [0.1, 0.15) is 35.0 Å². The van der Waals surface area contributed by atoms with Crippen LogP contribution in [0.2, 0.25) is 0 Å². The number of nitrogens with zero attached hydrogens (tertiary/aromatic N) is 3. The molecular formula is C32H28F3N3O3. The normalized spacial score (nSPS) is 13.1. The smallest absolute Gasteiger partial charge is 0.416 e. The molecule has 6 nitrogen and oxygen atoms in total. The van der Waals surface area contributed by atoms with E-state index in [-0.39, 0.29) is 6.61 Å². The Morgan fingerprint density at radius 3 is 2.34 bits per heavy atom. The Kier molecular flexibility index (Phi) is 7.53. The second-order valence-electron chi connectivity index (χ2n) is 10.1. The van der Waals surface area contributed by atoms with E-state index in [1.54, 1.807) is 35.8 Å². The molecule has 0 bridgehead atoms. The number of hydrogen-bond donors (Lipinski definition) is 0. The first-order valence-corrected chi connectivity index (χ1v) is 13.0. The van der Waals surface area contributed by atoms with Crippen molar-refractivity contribution in [2.24, 2.45) is 0 Å². The average molecular weight is 560 g/mol. The first kappa shape index (κ1) is 27.9. The Labute approximate surface area is 235 Å². The average Bonchev–Trinajstić information content (AvgIpc) is 3.34. The van der Waals surface area contributed by atoms with Crippen LogP contribution in [0, 0.1) is 6.92 Å². The van der Waals surface area contributed by atoms with Crippen molar-refractivity contribution >= 4 is 11.6 Å². The van der Waals surface area contributed by atoms with Gasteiger partial charge in [0, 0.05) is 6.20 Å². The van der Waals surface area contributed by atoms with Crippen LogP contribution in [0.25, 0.3) is 16.8 Å². The van der Waals surface area contributed by atoms with Gasteiger partial charge in [0.05, 0.1) is 23.9 Å². The number of carbonyl (C=O) groups is 1. The molecule has 0 amide bonds. The number of hydrogen-bond acceptors (Lipinski definition) is 5. The highest BCUT2D eigenvalue weighted by atomic mass is 19.4. The van der Waals surface area contributed by atoms with Gasteiger partial charge in [-0.15, -0.1) is 0 Å². The second kappa shape index (κ2) is 11.1. The van der Waals surface area contributed by atoms with Gasteiger partial charge in [0.2, 0.25) is 0 Å². The van der Waals surface area contributed by atoms with Gasteiger partial charge < -0.3 is 9.47 Å². The molecule has 0 saturated carbocycles. The van der Waals surface area contributed by atoms with Crippen LogP contribution in [0.3, 0.4) is 0 Å². The number of fused-ring (bicyclic) bond motifs is 1. The van der Waals surface area contributed by atoms with Crippen LogP contribution >= 0.6 is 0 Å². The summed E-state index contributed by atoms with van der Waals surface area (Å²) in [5.74, 6) is 0.148. The molecule has 0 aliphatic rings. The third kappa shape index (κ3) is 5.66. The van der Waals surface area contributed by atoms with Crippen molar-refractivity contribution in [3.8, 4) is 16.9 Å². The monoisotopic (exact) mass is 559 g/mol. The molecule has 2 heterocycles. The number of esters is 1. The molecule has 0 unspecified atom stereocenters. The molecule has 5 rings (SSSR count). The summed E-state index contributed by atoms with van der Waals surface area (Å²) in [5.41, 5.74) is 2.43. The largest absolute Gasteiger partial charge is 0.487 e. The third-order valence-electron chi connectivity index (χ3n) is 7.05. The van der Waals surface area contributed by atoms with Gasteiger partial charge in [0.15, 0.2) is 5.65 Å². The van der Waals surface area contributed by atoms with E-state index in [1.165, 1.54) is 19.2 Å². The number of rotatable bonds is 8. The van der Waals surface area contributed by atoms with Crippen LogP contribution in [0.5, 0.6) is 5.75 Å². The van der Waals surface area contributed by atoms with Gasteiger partial charge in [-0.1, -0.05) is 60.2 Å². The minimum absolute atomic E-state index is 0.0238. The number of methoxy groups -OCH3 is 1. The van der Waals surface area contributed by atoms with E-state index >= 15 is 0 Å². The number of para-hydroxylation sites is 1. The molecule has 1 atom stereocenters. The summed E-state index contributed by atoms with van der Waals surface area (Å²) < 4.78 is 52.7. The lowest BCUT2D eigenvalue weighted by Crippen LogP contribution is -2.38. The van der Waals surface area contributed by atoms with E-state index in [4.69, 9.17) is 14.6 Å². The molecule has 0 N–H and O–H groups in total. The first-order valence-electron chi connectivity index (χ1n) is 13.0. The minimum atomic E-state index is -4.47. The van der Waals surface area contributed by atoms with Crippen LogP contribution in [0.4, 0.5) is 13.2 Å². The molecule has 5 aromatic rings. The predicted molar refractivity (Wildman–Crippen MR) is 148 cm³/mol. The number of halogens is 3. The molecule has 0 radical (unpaired) electrons. The highest BCUT2D eigenvalue weighted by molar-refractivity contribution is 5.84. The number of alkyl halides is 3. The van der Waals surface area contributed by atoms with Crippen molar-refractivity contribution in [1.82, 2.24) is 14.6 Å². The molecule has 2 aromatic heterocycles. The molecule has 0 aliphatic carbocycles. The molecule has 0 spiro atoms. The van der Waals surface area contributed by atoms with Crippen molar-refractivity contribution in [3.05, 3.63) is 119 Å². The maximum Gasteiger partial charge on any atom is 0.416 e. The van der Waals surface area contributed by atoms with Gasteiger partial charge in [0.1, 0.15) is 23.5 Å². The summed E-state index contributed by atoms with van der Waals surface area (Å²) in [7, 11) is 1.34. The SMILES string of the molecule is COC(=O)[C@](C)(Cc1cccc(C)c1)c1ccnc2c(-c3ccc(C(F)(F)F)cc3)c(COc3ccccc3)nn12. The highest BCUT2D eigenvalue weighted by Crippen LogP contribution is 2.36. The van der Waals surface area contributed by atoms with Gasteiger partial charge in [-0.05, 0) is 61.7 Å². The Morgan fingerprint density at radius 1 is 0.951 bits per heavy atom. The molecule has 9 heteroatoms. The molecular weight excluding hydrogens is 531 g/mol. The lowest BCUT2D eigenvalue weighted by Gasteiger charge is -2.27. The first-order chi connectivity index (χ1) is 19.6. The van der Waals surface area contributed by atoms with Gasteiger partial charge in [-0.2, -0.15) is 18.3 Å². The quantitative estimate of drug-likeness (QED) is 0.192. The summed E-state index contributed by atoms with van der Waals surface area (Å²) in [6.45, 7) is 3.79. The maximum atomic E-state index is 13.4. The van der Waals surface area contributed by atoms with E-state index in [0.717, 1.165) is 23.3 Å². The second-order valence-corrected chi connectivity index (χ2v) is 10.1. The van der Waals surface area contributed by atoms with E-state index in [1.807, 2.05) is 49.4 Å². The van der Waals surface area contributed by atoms with E-state index < -0.39 is 23.1 Å². The number of aromatic nitrogens is 3. The Morgan fingerprint density at radius 2 is 1.68 bits per heavy atom. The summed E-state index contributed by atoms with van der Waals surface area (Å²) in [5, 5.41) is 4.82. The fraction of sp³-hybridized carbons (Fsp3) is 0.219. The number of benzene rings is 3. The van der Waals surface area contributed by atoms with Crippen molar-refractivity contribution in [2.45, 2.75) is 38.5 Å². The number of carbonyl (C=O) groups excluding carboxylic acids is 1. The summed E-state index contributed by atoms with van der Waals surface area (Å²) in [6.07, 6.45) is -2.58. The Balaban J connectivity index is 1.68. The van der Waals surface area contributed by atoms with Crippen LogP contribution in [-0.2, 0) is 34.2 Å². The standard InChI is InChI=1S/C32H28F3N3O3/c1-21-8-7-9-22(18-21)19-31(2,30(39)40-3)27-16-17-36-29-28(23-12-14-24(15-13-23)32(33,34)35)26(37-38(27)29)20-41-25-10-5-4-6-11-25/h4-18H,19-20H2,1-3H3/t31-/m1/s1. The van der Waals surface area contributed by atoms with Crippen molar-refractivity contribution < 1.29 is 27.4 Å². The fourth-order valence-electron chi connectivity index (χ4n) is 5.02. The van der Waals surface area contributed by atoms with Crippen molar-refractivity contribution in [2.75, 3.05) is 7.11 Å². The minimum Gasteiger partial charge on any atom is -0.487 e. The Bertz CT molecular complexity index is 1680. The van der Waals surface area contributed by atoms with Crippen LogP contribution < -0.4 is 4.74 Å². The van der Waals surface area contributed by atoms with E-state index in [2.05, 4.69) is 4.98 Å². The van der Waals surface area contributed by atoms with Gasteiger partial charge >= 0.3 is 12.1 Å². The Hall–Kier alpha value is -4.66. The zero-order chi connectivity index (χ0) is 29.2. The molecule has 0 aliphatic heterocycles. The lowest BCUT2D eigenvalue weighted by atomic mass is 9.80. The zero-order valence-electron chi connectivity index (χ0n) is 22.8. The highest BCUT2D eigenvalue weighted by Gasteiger charge is 2.40. The third-order valence-corrected chi connectivity index (χ3v) is 7.05. The number of ether oxygens (including phenoxy) is 2. The van der Waals surface area contributed by atoms with Gasteiger partial charge in [-0.3, -0.25) is 4.79 Å². The fourth-order valence-corrected chi connectivity index (χ4v) is 5.02. The topological polar surface area (TPSA) is 65.7 Å². The molecule has 3 aromatic carbocycles. The van der Waals surface area contributed by atoms with Crippen molar-refractivity contribution in [3.63, 3.8) is 0 Å². The molecule has 41 heavy (non-hydrogen) atoms. The van der Waals surface area contributed by atoms with Crippen molar-refractivity contribution in [1.29, 1.82) is 0 Å². The zero-order valence-corrected chi connectivity index (χ0v) is 22.8. The van der Waals surface area contributed by atoms with Crippen LogP contribution in [0.15, 0.2) is 91.1 Å². The molecule has 210 valence electrons. The molecule has 0 fully saturated rings. The summed E-state index contributed by atoms with van der Waals surface area (Å²) in [6, 6.07) is 23.6. The maximum absolute atomic E-state index is 13.4. The lowest BCUT2D eigenvalue weighted by molar-refractivity contribution is -0.147. The van der Waals surface area contributed by atoms with Crippen LogP contribution in [-0.4, -0.2) is 27.7 Å². The van der Waals surface area contributed by atoms with Gasteiger partial charge in [-0.25, -0.2) is 9.50 Å². The summed E-state index contributed by atoms with van der Waals surface area (Å²) in [4.78, 5) is 17.9. The van der Waals surface area contributed by atoms with Gasteiger partial charge in [0.25, 0.3) is 0 Å². The number of aryl methyl sites for hydroxylation is 1.